The molecule has 0 aliphatic carbocycles. The number of halogens is 2. The van der Waals surface area contributed by atoms with E-state index in [0.29, 0.717) is 13.2 Å². The van der Waals surface area contributed by atoms with Gasteiger partial charge in [0.25, 0.3) is 0 Å². The van der Waals surface area contributed by atoms with Crippen molar-refractivity contribution in [1.82, 2.24) is 0 Å². The van der Waals surface area contributed by atoms with Crippen LogP contribution in [0.15, 0.2) is 18.2 Å². The van der Waals surface area contributed by atoms with Crippen LogP contribution in [0.2, 0.25) is 0 Å². The maximum atomic E-state index is 13.3. The Kier molecular flexibility index (Phi) is 3.29. The van der Waals surface area contributed by atoms with Gasteiger partial charge in [0.1, 0.15) is 11.6 Å². The fraction of sp³-hybridized carbons (Fsp3) is 0.417. The second-order valence-corrected chi connectivity index (χ2v) is 3.98. The number of rotatable bonds is 3. The minimum absolute atomic E-state index is 0.134. The largest absolute Gasteiger partial charge is 0.381 e. The highest BCUT2D eigenvalue weighted by molar-refractivity contribution is 5.96. The normalized spacial score (nSPS) is 20.0. The number of ketones is 1. The molecule has 4 heteroatoms. The van der Waals surface area contributed by atoms with Gasteiger partial charge in [-0.3, -0.25) is 4.79 Å². The molecule has 0 saturated carbocycles. The first-order valence-electron chi connectivity index (χ1n) is 5.23. The molecule has 1 heterocycles. The van der Waals surface area contributed by atoms with Gasteiger partial charge in [0, 0.05) is 19.6 Å². The molecule has 2 nitrogen and oxygen atoms in total. The van der Waals surface area contributed by atoms with Gasteiger partial charge < -0.3 is 4.74 Å². The Hall–Kier alpha value is -1.29. The van der Waals surface area contributed by atoms with Crippen LogP contribution in [0.1, 0.15) is 23.2 Å². The van der Waals surface area contributed by atoms with Gasteiger partial charge in [0.15, 0.2) is 5.78 Å². The Morgan fingerprint density at radius 1 is 1.44 bits per heavy atom. The number of benzene rings is 1. The maximum absolute atomic E-state index is 13.3. The van der Waals surface area contributed by atoms with E-state index in [2.05, 4.69) is 0 Å². The van der Waals surface area contributed by atoms with E-state index >= 15 is 0 Å². The van der Waals surface area contributed by atoms with Gasteiger partial charge in [-0.1, -0.05) is 0 Å². The molecule has 1 fully saturated rings. The van der Waals surface area contributed by atoms with Gasteiger partial charge in [0.2, 0.25) is 0 Å². The minimum atomic E-state index is -0.662. The Balaban J connectivity index is 2.10. The third kappa shape index (κ3) is 2.44. The van der Waals surface area contributed by atoms with Crippen molar-refractivity contribution >= 4 is 5.78 Å². The highest BCUT2D eigenvalue weighted by Gasteiger charge is 2.21. The van der Waals surface area contributed by atoms with Gasteiger partial charge in [-0.25, -0.2) is 8.78 Å². The average molecular weight is 226 g/mol. The van der Waals surface area contributed by atoms with Crippen molar-refractivity contribution in [2.45, 2.75) is 12.8 Å². The second kappa shape index (κ2) is 4.70. The van der Waals surface area contributed by atoms with E-state index in [1.165, 1.54) is 0 Å². The zero-order valence-corrected chi connectivity index (χ0v) is 8.71. The van der Waals surface area contributed by atoms with E-state index < -0.39 is 11.6 Å². The van der Waals surface area contributed by atoms with Crippen LogP contribution in [0.5, 0.6) is 0 Å². The molecule has 0 N–H and O–H groups in total. The SMILES string of the molecule is O=C(CC1CCOC1)c1cc(F)ccc1F. The predicted octanol–water partition coefficient (Wildman–Crippen LogP) is 2.57. The van der Waals surface area contributed by atoms with E-state index in [1.807, 2.05) is 0 Å². The second-order valence-electron chi connectivity index (χ2n) is 3.98. The molecule has 1 saturated heterocycles. The molecule has 0 amide bonds. The first-order chi connectivity index (χ1) is 7.66. The molecule has 1 atom stereocenters. The summed E-state index contributed by atoms with van der Waals surface area (Å²) in [5.74, 6) is -1.47. The molecule has 86 valence electrons. The molecule has 0 aromatic heterocycles. The Labute approximate surface area is 92.2 Å². The summed E-state index contributed by atoms with van der Waals surface area (Å²) in [4.78, 5) is 11.7. The lowest BCUT2D eigenvalue weighted by atomic mass is 9.97. The molecule has 1 unspecified atom stereocenters. The molecule has 1 aromatic rings. The molecular formula is C12H12F2O2. The predicted molar refractivity (Wildman–Crippen MR) is 54.2 cm³/mol. The molecule has 0 bridgehead atoms. The lowest BCUT2D eigenvalue weighted by Gasteiger charge is -2.07. The van der Waals surface area contributed by atoms with Crippen LogP contribution >= 0.6 is 0 Å². The first-order valence-corrected chi connectivity index (χ1v) is 5.23. The average Bonchev–Trinajstić information content (AvgIpc) is 2.74. The monoisotopic (exact) mass is 226 g/mol. The maximum Gasteiger partial charge on any atom is 0.166 e. The van der Waals surface area contributed by atoms with Crippen molar-refractivity contribution < 1.29 is 18.3 Å². The van der Waals surface area contributed by atoms with Crippen LogP contribution in [0, 0.1) is 17.6 Å². The number of hydrogen-bond donors (Lipinski definition) is 0. The van der Waals surface area contributed by atoms with Crippen molar-refractivity contribution in [1.29, 1.82) is 0 Å². The lowest BCUT2D eigenvalue weighted by Crippen LogP contribution is -2.10. The summed E-state index contributed by atoms with van der Waals surface area (Å²) in [6.07, 6.45) is 1.03. The number of Topliss-reactive ketones (excluding diaryl/α,β-unsaturated/α-hetero) is 1. The fourth-order valence-electron chi connectivity index (χ4n) is 1.83. The van der Waals surface area contributed by atoms with Crippen LogP contribution in [-0.2, 0) is 4.74 Å². The number of ether oxygens (including phenoxy) is 1. The van der Waals surface area contributed by atoms with Gasteiger partial charge >= 0.3 is 0 Å². The molecule has 1 aliphatic rings. The van der Waals surface area contributed by atoms with Gasteiger partial charge in [-0.15, -0.1) is 0 Å². The van der Waals surface area contributed by atoms with Gasteiger partial charge in [0.05, 0.1) is 5.56 Å². The van der Waals surface area contributed by atoms with E-state index in [0.717, 1.165) is 24.6 Å². The topological polar surface area (TPSA) is 26.3 Å². The molecular weight excluding hydrogens is 214 g/mol. The highest BCUT2D eigenvalue weighted by atomic mass is 19.1. The molecule has 2 rings (SSSR count). The van der Waals surface area contributed by atoms with E-state index in [4.69, 9.17) is 4.74 Å². The summed E-state index contributed by atoms with van der Waals surface area (Å²) >= 11 is 0. The smallest absolute Gasteiger partial charge is 0.166 e. The minimum Gasteiger partial charge on any atom is -0.381 e. The van der Waals surface area contributed by atoms with Crippen molar-refractivity contribution in [3.8, 4) is 0 Å². The summed E-state index contributed by atoms with van der Waals surface area (Å²) in [5.41, 5.74) is -0.160. The van der Waals surface area contributed by atoms with Crippen molar-refractivity contribution in [2.24, 2.45) is 5.92 Å². The van der Waals surface area contributed by atoms with Crippen LogP contribution in [-0.4, -0.2) is 19.0 Å². The third-order valence-corrected chi connectivity index (χ3v) is 2.73. The van der Waals surface area contributed by atoms with Crippen molar-refractivity contribution in [2.75, 3.05) is 13.2 Å². The lowest BCUT2D eigenvalue weighted by molar-refractivity contribution is 0.0948. The van der Waals surface area contributed by atoms with Crippen LogP contribution in [0.4, 0.5) is 8.78 Å². The summed E-state index contributed by atoms with van der Waals surface area (Å²) in [6, 6.07) is 2.94. The quantitative estimate of drug-likeness (QED) is 0.740. The van der Waals surface area contributed by atoms with Crippen molar-refractivity contribution in [3.63, 3.8) is 0 Å². The molecule has 1 aromatic carbocycles. The molecule has 16 heavy (non-hydrogen) atoms. The Bertz CT molecular complexity index is 398. The number of carbonyl (C=O) groups is 1. The summed E-state index contributed by atoms with van der Waals surface area (Å²) in [6.45, 7) is 1.17. The Morgan fingerprint density at radius 3 is 2.94 bits per heavy atom. The summed E-state index contributed by atoms with van der Waals surface area (Å²) in [7, 11) is 0. The van der Waals surface area contributed by atoms with Crippen LogP contribution in [0.25, 0.3) is 0 Å². The standard InChI is InChI=1S/C12H12F2O2/c13-9-1-2-11(14)10(6-9)12(15)5-8-3-4-16-7-8/h1-2,6,8H,3-5,7H2. The van der Waals surface area contributed by atoms with E-state index in [9.17, 15) is 13.6 Å². The van der Waals surface area contributed by atoms with E-state index in [1.54, 1.807) is 0 Å². The molecule has 0 spiro atoms. The number of carbonyl (C=O) groups excluding carboxylic acids is 1. The molecule has 1 aliphatic heterocycles. The van der Waals surface area contributed by atoms with E-state index in [-0.39, 0.29) is 23.7 Å². The fourth-order valence-corrected chi connectivity index (χ4v) is 1.83. The number of hydrogen-bond acceptors (Lipinski definition) is 2. The summed E-state index contributed by atoms with van der Waals surface area (Å²) < 4.78 is 31.3. The zero-order chi connectivity index (χ0) is 11.5. The zero-order valence-electron chi connectivity index (χ0n) is 8.71. The van der Waals surface area contributed by atoms with Crippen LogP contribution in [0.3, 0.4) is 0 Å². The van der Waals surface area contributed by atoms with Crippen molar-refractivity contribution in [3.05, 3.63) is 35.4 Å². The molecule has 0 radical (unpaired) electrons. The van der Waals surface area contributed by atoms with Crippen LogP contribution < -0.4 is 0 Å². The van der Waals surface area contributed by atoms with Gasteiger partial charge in [-0.05, 0) is 30.5 Å². The Morgan fingerprint density at radius 2 is 2.25 bits per heavy atom. The van der Waals surface area contributed by atoms with Gasteiger partial charge in [-0.2, -0.15) is 0 Å². The first kappa shape index (κ1) is 11.2. The summed E-state index contributed by atoms with van der Waals surface area (Å²) in [5, 5.41) is 0. The highest BCUT2D eigenvalue weighted by Crippen LogP contribution is 2.20. The third-order valence-electron chi connectivity index (χ3n) is 2.73.